The van der Waals surface area contributed by atoms with Crippen LogP contribution in [0.2, 0.25) is 0 Å². The number of para-hydroxylation sites is 1. The number of methoxy groups -OCH3 is 1. The molecule has 0 bridgehead atoms. The van der Waals surface area contributed by atoms with Crippen molar-refractivity contribution in [1.29, 1.82) is 0 Å². The van der Waals surface area contributed by atoms with E-state index in [-0.39, 0.29) is 50.1 Å². The summed E-state index contributed by atoms with van der Waals surface area (Å²) in [5.74, 6) is -5.17. The molecule has 19 atom stereocenters. The van der Waals surface area contributed by atoms with E-state index in [9.17, 15) is 48.2 Å². The number of benzene rings is 1. The number of alkyl carbamates (subject to hydrolysis) is 1. The van der Waals surface area contributed by atoms with Gasteiger partial charge in [-0.1, -0.05) is 52.8 Å². The van der Waals surface area contributed by atoms with Crippen LogP contribution in [0, 0.1) is 43.4 Å². The van der Waals surface area contributed by atoms with Gasteiger partial charge in [-0.25, -0.2) is 9.59 Å². The molecule has 6 rings (SSSR count). The van der Waals surface area contributed by atoms with E-state index in [1.807, 2.05) is 39.8 Å². The number of aromatic nitrogens is 1. The summed E-state index contributed by atoms with van der Waals surface area (Å²) in [6, 6.07) is 8.68. The largest absolute Gasteiger partial charge is 0.677 e. The molecule has 3 amide bonds. The number of ether oxygens (including phenoxy) is 7. The summed E-state index contributed by atoms with van der Waals surface area (Å²) in [5.41, 5.74) is -2.39. The number of hydrogen-bond acceptors (Lipinski definition) is 17. The summed E-state index contributed by atoms with van der Waals surface area (Å²) in [6.07, 6.45) is -4.98. The Morgan fingerprint density at radius 2 is 1.60 bits per heavy atom. The van der Waals surface area contributed by atoms with Crippen molar-refractivity contribution in [2.24, 2.45) is 34.6 Å². The van der Waals surface area contributed by atoms with Crippen molar-refractivity contribution in [1.82, 2.24) is 25.3 Å². The number of amides is 3. The number of aliphatic imine (C=N–C) groups is 1. The SMILES string of the molecule is CC[C@H]1OC(=O)[C@H](C)[C@@H](O[C@H]2CC[C@@](C)(OC)C(OC(=O)NCCNC(=O)CCC3=N/C(=C\c4c(C)cc(C)n4B(F)F)C=C3)[C@@H]2C)[C@H](C)[C@@H](O[C@@H]2O[C@H](C)C[C@H](N(C)C)[C@H]2O)[C@](C)(O)C[C@@H](C)C(NC(=O)Oc2ccccc2)[C@H](C)[C@@H](O)[C@]1(C)O. The van der Waals surface area contributed by atoms with Crippen LogP contribution < -0.4 is 20.7 Å². The summed E-state index contributed by atoms with van der Waals surface area (Å²) >= 11 is 0. The summed E-state index contributed by atoms with van der Waals surface area (Å²) in [6.45, 7) is 20.4. The van der Waals surface area contributed by atoms with Crippen molar-refractivity contribution in [3.05, 3.63) is 71.2 Å². The highest BCUT2D eigenvalue weighted by Crippen LogP contribution is 2.44. The van der Waals surface area contributed by atoms with E-state index < -0.39 is 133 Å². The van der Waals surface area contributed by atoms with Crippen LogP contribution in [0.4, 0.5) is 18.2 Å². The highest BCUT2D eigenvalue weighted by molar-refractivity contribution is 6.41. The van der Waals surface area contributed by atoms with E-state index in [2.05, 4.69) is 20.9 Å². The van der Waals surface area contributed by atoms with Gasteiger partial charge >= 0.3 is 25.6 Å². The van der Waals surface area contributed by atoms with Crippen molar-refractivity contribution in [2.45, 2.75) is 212 Å². The van der Waals surface area contributed by atoms with Crippen LogP contribution in [0.5, 0.6) is 5.75 Å². The summed E-state index contributed by atoms with van der Waals surface area (Å²) in [7, 11) is 2.49. The number of allylic oxidation sites excluding steroid dienone is 2. The lowest BCUT2D eigenvalue weighted by Gasteiger charge is -2.50. The van der Waals surface area contributed by atoms with Gasteiger partial charge in [-0.2, -0.15) is 0 Å². The number of hydrogen-bond donors (Lipinski definition) is 7. The number of cyclic esters (lactones) is 1. The molecule has 1 saturated carbocycles. The van der Waals surface area contributed by atoms with E-state index in [4.69, 9.17) is 33.2 Å². The number of nitrogens with one attached hydrogen (secondary N) is 3. The molecule has 0 spiro atoms. The van der Waals surface area contributed by atoms with Crippen LogP contribution in [0.3, 0.4) is 0 Å². The molecular weight excluding hydrogens is 1120 g/mol. The fraction of sp³-hybridized carbons (Fsp3) is 0.694. The number of carbonyl (C=O) groups excluding carboxylic acids is 4. The first-order valence-electron chi connectivity index (χ1n) is 30.2. The number of aryl methyl sites for hydroxylation is 2. The fourth-order valence-corrected chi connectivity index (χ4v) is 13.2. The molecule has 1 aromatic heterocycles. The molecule has 4 aliphatic rings. The molecule has 1 aliphatic carbocycles. The molecule has 0 radical (unpaired) electrons. The number of aliphatic hydroxyl groups excluding tert-OH is 2. The lowest BCUT2D eigenvalue weighted by Crippen LogP contribution is -2.62. The maximum absolute atomic E-state index is 14.8. The average molecular weight is 1210 g/mol. The maximum Gasteiger partial charge on any atom is 0.677 e. The van der Waals surface area contributed by atoms with E-state index >= 15 is 0 Å². The van der Waals surface area contributed by atoms with Gasteiger partial charge in [-0.15, -0.1) is 0 Å². The smallest absolute Gasteiger partial charge is 0.459 e. The molecule has 7 N–H and O–H groups in total. The van der Waals surface area contributed by atoms with Crippen molar-refractivity contribution in [2.75, 3.05) is 34.3 Å². The van der Waals surface area contributed by atoms with Gasteiger partial charge in [-0.05, 0) is 149 Å². The minimum absolute atomic E-state index is 0.00830. The van der Waals surface area contributed by atoms with Crippen molar-refractivity contribution >= 4 is 43.3 Å². The number of likely N-dealkylation sites (N-methyl/N-ethyl adjacent to an activating group) is 1. The van der Waals surface area contributed by atoms with E-state index in [0.29, 0.717) is 54.0 Å². The van der Waals surface area contributed by atoms with Gasteiger partial charge in [0.05, 0.1) is 47.7 Å². The maximum atomic E-state index is 14.8. The standard InChI is InChI=1S/C62H95BF2N6O15/c1-16-48-62(12,79)53(74)39(7)50(69-59(77)82-44-20-18-17-19-21-44)35(3)33-60(10,78)54(85-57-51(73)46(70(13)14)31-37(5)81-57)40(8)52(41(9)56(75)84-48)83-47-26-27-61(11,80-15)55(38(47)6)86-58(76)67-29-28-66-49(72)25-24-42-22-23-43(68-42)32-45-34(2)30-36(4)71(45)63(64)65/h17-23,30,32,35,37-41,46-48,50-55,57,73-74,78-79H,16,24-29,31,33H2,1-15H3,(H,66,72)(H,67,76)(H,69,77)/b43-32-/t35-,37-,38-,39+,40+,41-,46+,47+,48-,50?,51-,52+,53-,54-,55?,57+,60-,61-,62-/m1/s1. The van der Waals surface area contributed by atoms with Crippen molar-refractivity contribution in [3.63, 3.8) is 0 Å². The van der Waals surface area contributed by atoms with Crippen LogP contribution in [0.1, 0.15) is 131 Å². The second kappa shape index (κ2) is 29.8. The first-order chi connectivity index (χ1) is 40.3. The molecular formula is C62H95BF2N6O15. The second-order valence-electron chi connectivity index (χ2n) is 25.2. The average Bonchev–Trinajstić information content (AvgIpc) is 1.78. The number of carbonyl (C=O) groups is 4. The van der Waals surface area contributed by atoms with Gasteiger partial charge in [0, 0.05) is 73.6 Å². The minimum atomic E-state index is -2.71. The molecule has 24 heteroatoms. The normalized spacial score (nSPS) is 36.0. The molecule has 2 saturated heterocycles. The van der Waals surface area contributed by atoms with Crippen LogP contribution in [-0.2, 0) is 38.0 Å². The number of nitrogens with zero attached hydrogens (tertiary/aromatic N) is 3. The van der Waals surface area contributed by atoms with Crippen LogP contribution >= 0.6 is 0 Å². The Bertz CT molecular complexity index is 2710. The fourth-order valence-electron chi connectivity index (χ4n) is 13.2. The van der Waals surface area contributed by atoms with Crippen molar-refractivity contribution in [3.8, 4) is 5.75 Å². The quantitative estimate of drug-likeness (QED) is 0.0454. The Morgan fingerprint density at radius 1 is 0.930 bits per heavy atom. The van der Waals surface area contributed by atoms with Gasteiger partial charge in [-0.3, -0.25) is 23.2 Å². The van der Waals surface area contributed by atoms with E-state index in [1.165, 1.54) is 14.0 Å². The molecule has 2 aromatic rings. The van der Waals surface area contributed by atoms with Crippen LogP contribution in [-0.4, -0.2) is 185 Å². The topological polar surface area (TPSA) is 270 Å². The Labute approximate surface area is 506 Å². The van der Waals surface area contributed by atoms with Gasteiger partial charge in [0.1, 0.15) is 35.3 Å². The molecule has 86 heavy (non-hydrogen) atoms. The van der Waals surface area contributed by atoms with Gasteiger partial charge < -0.3 is 78.9 Å². The van der Waals surface area contributed by atoms with Crippen LogP contribution in [0.25, 0.3) is 6.08 Å². The molecule has 21 nitrogen and oxygen atoms in total. The molecule has 2 unspecified atom stereocenters. The first-order valence-corrected chi connectivity index (χ1v) is 30.2. The van der Waals surface area contributed by atoms with E-state index in [1.54, 1.807) is 110 Å². The Kier molecular flexibility index (Phi) is 24.2. The lowest BCUT2D eigenvalue weighted by atomic mass is 9.72. The summed E-state index contributed by atoms with van der Waals surface area (Å²) in [5, 5.41) is 58.0. The van der Waals surface area contributed by atoms with Gasteiger partial charge in [0.15, 0.2) is 6.29 Å². The zero-order valence-corrected chi connectivity index (χ0v) is 52.8. The Morgan fingerprint density at radius 3 is 2.24 bits per heavy atom. The molecule has 4 heterocycles. The minimum Gasteiger partial charge on any atom is -0.459 e. The summed E-state index contributed by atoms with van der Waals surface area (Å²) in [4.78, 5) is 61.6. The Balaban J connectivity index is 1.23. The van der Waals surface area contributed by atoms with Crippen LogP contribution in [0.15, 0.2) is 59.2 Å². The summed E-state index contributed by atoms with van der Waals surface area (Å²) < 4.78 is 73.0. The number of halogens is 2. The zero-order chi connectivity index (χ0) is 63.7. The molecule has 480 valence electrons. The monoisotopic (exact) mass is 1210 g/mol. The van der Waals surface area contributed by atoms with E-state index in [0.717, 1.165) is 4.48 Å². The zero-order valence-electron chi connectivity index (χ0n) is 52.8. The number of aliphatic hydroxyl groups is 4. The number of rotatable bonds is 18. The van der Waals surface area contributed by atoms with Gasteiger partial charge in [0.25, 0.3) is 0 Å². The first kappa shape index (κ1) is 69.8. The highest BCUT2D eigenvalue weighted by Gasteiger charge is 2.55. The highest BCUT2D eigenvalue weighted by atomic mass is 19.2. The predicted octanol–water partition coefficient (Wildman–Crippen LogP) is 6.91. The third-order valence-corrected chi connectivity index (χ3v) is 18.2. The third-order valence-electron chi connectivity index (χ3n) is 18.2. The molecule has 1 aromatic carbocycles. The molecule has 3 aliphatic heterocycles. The molecule has 3 fully saturated rings. The predicted molar refractivity (Wildman–Crippen MR) is 320 cm³/mol. The lowest BCUT2D eigenvalue weighted by molar-refractivity contribution is -0.302. The second-order valence-corrected chi connectivity index (χ2v) is 25.2. The number of esters is 1. The Hall–Kier alpha value is -5.31. The van der Waals surface area contributed by atoms with Crippen molar-refractivity contribution < 1.29 is 81.4 Å². The third kappa shape index (κ3) is 16.9. The van der Waals surface area contributed by atoms with Gasteiger partial charge in [0.2, 0.25) is 5.91 Å².